The maximum Gasteiger partial charge on any atom is 0.335 e. The minimum Gasteiger partial charge on any atom is -0.478 e. The minimum atomic E-state index is -1.09. The van der Waals surface area contributed by atoms with Crippen LogP contribution < -0.4 is 5.32 Å². The Morgan fingerprint density at radius 3 is 2.52 bits per heavy atom. The Bertz CT molecular complexity index is 737. The van der Waals surface area contributed by atoms with Crippen LogP contribution in [0.15, 0.2) is 34.9 Å². The van der Waals surface area contributed by atoms with Crippen LogP contribution in [0.2, 0.25) is 10.2 Å². The van der Waals surface area contributed by atoms with Crippen molar-refractivity contribution in [2.45, 2.75) is 0 Å². The molecule has 0 spiro atoms. The molecule has 0 aliphatic carbocycles. The first-order valence-electron chi connectivity index (χ1n) is 5.53. The van der Waals surface area contributed by atoms with E-state index in [1.165, 1.54) is 30.5 Å². The molecule has 1 aromatic heterocycles. The van der Waals surface area contributed by atoms with E-state index < -0.39 is 11.9 Å². The molecule has 0 saturated carbocycles. The van der Waals surface area contributed by atoms with E-state index >= 15 is 0 Å². The smallest absolute Gasteiger partial charge is 0.335 e. The second-order valence-electron chi connectivity index (χ2n) is 3.95. The molecule has 0 aliphatic rings. The Morgan fingerprint density at radius 2 is 1.90 bits per heavy atom. The number of carbonyl (C=O) groups excluding carboxylic acids is 1. The zero-order chi connectivity index (χ0) is 15.6. The van der Waals surface area contributed by atoms with E-state index in [1.807, 2.05) is 0 Å². The molecule has 1 heterocycles. The standard InChI is InChI=1S/C13H7BrCl2N2O3/c14-8-2-1-6(13(20)21)4-10(8)18-12(19)7-3-9(15)11(16)17-5-7/h1-5H,(H,18,19)(H,20,21). The van der Waals surface area contributed by atoms with E-state index in [0.717, 1.165) is 0 Å². The van der Waals surface area contributed by atoms with Crippen LogP contribution in [0.1, 0.15) is 20.7 Å². The van der Waals surface area contributed by atoms with Crippen molar-refractivity contribution in [1.82, 2.24) is 4.98 Å². The summed E-state index contributed by atoms with van der Waals surface area (Å²) >= 11 is 14.7. The van der Waals surface area contributed by atoms with E-state index in [1.54, 1.807) is 0 Å². The number of amides is 1. The Kier molecular flexibility index (Phi) is 4.82. The van der Waals surface area contributed by atoms with Crippen molar-refractivity contribution < 1.29 is 14.7 Å². The summed E-state index contributed by atoms with van der Waals surface area (Å²) in [5.74, 6) is -1.57. The van der Waals surface area contributed by atoms with Crippen molar-refractivity contribution in [2.24, 2.45) is 0 Å². The zero-order valence-electron chi connectivity index (χ0n) is 10.2. The van der Waals surface area contributed by atoms with Crippen LogP contribution in [0.4, 0.5) is 5.69 Å². The Hall–Kier alpha value is -1.63. The quantitative estimate of drug-likeness (QED) is 0.774. The first-order valence-corrected chi connectivity index (χ1v) is 7.08. The van der Waals surface area contributed by atoms with Gasteiger partial charge in [-0.2, -0.15) is 0 Å². The summed E-state index contributed by atoms with van der Waals surface area (Å²) in [6, 6.07) is 5.67. The summed E-state index contributed by atoms with van der Waals surface area (Å²) in [5.41, 5.74) is 0.587. The van der Waals surface area contributed by atoms with Crippen molar-refractivity contribution >= 4 is 56.7 Å². The first kappa shape index (κ1) is 15.8. The van der Waals surface area contributed by atoms with Gasteiger partial charge in [0.1, 0.15) is 5.15 Å². The van der Waals surface area contributed by atoms with Crippen molar-refractivity contribution in [1.29, 1.82) is 0 Å². The number of halogens is 3. The predicted octanol–water partition coefficient (Wildman–Crippen LogP) is 4.10. The number of anilines is 1. The molecule has 21 heavy (non-hydrogen) atoms. The largest absolute Gasteiger partial charge is 0.478 e. The van der Waals surface area contributed by atoms with Crippen LogP contribution in [0, 0.1) is 0 Å². The maximum atomic E-state index is 12.1. The molecule has 0 radical (unpaired) electrons. The van der Waals surface area contributed by atoms with Crippen LogP contribution >= 0.6 is 39.1 Å². The van der Waals surface area contributed by atoms with Crippen molar-refractivity contribution in [3.8, 4) is 0 Å². The van der Waals surface area contributed by atoms with Gasteiger partial charge < -0.3 is 10.4 Å². The molecule has 0 saturated heterocycles. The third kappa shape index (κ3) is 3.72. The molecule has 8 heteroatoms. The van der Waals surface area contributed by atoms with Crippen LogP contribution in [0.5, 0.6) is 0 Å². The van der Waals surface area contributed by atoms with Crippen LogP contribution in [0.3, 0.4) is 0 Å². The van der Waals surface area contributed by atoms with Gasteiger partial charge in [0.25, 0.3) is 5.91 Å². The first-order chi connectivity index (χ1) is 9.88. The number of rotatable bonds is 3. The lowest BCUT2D eigenvalue weighted by Gasteiger charge is -2.08. The molecular weight excluding hydrogens is 383 g/mol. The van der Waals surface area contributed by atoms with Gasteiger partial charge in [-0.05, 0) is 40.2 Å². The Labute approximate surface area is 138 Å². The van der Waals surface area contributed by atoms with Crippen molar-refractivity contribution in [3.63, 3.8) is 0 Å². The van der Waals surface area contributed by atoms with Gasteiger partial charge in [0, 0.05) is 10.7 Å². The fourth-order valence-corrected chi connectivity index (χ4v) is 2.11. The highest BCUT2D eigenvalue weighted by Crippen LogP contribution is 2.25. The van der Waals surface area contributed by atoms with Gasteiger partial charge in [-0.3, -0.25) is 4.79 Å². The van der Waals surface area contributed by atoms with E-state index in [0.29, 0.717) is 10.2 Å². The number of carbonyl (C=O) groups is 2. The molecule has 2 N–H and O–H groups in total. The van der Waals surface area contributed by atoms with E-state index in [9.17, 15) is 9.59 Å². The van der Waals surface area contributed by atoms with Gasteiger partial charge in [0.15, 0.2) is 0 Å². The number of hydrogen-bond acceptors (Lipinski definition) is 3. The number of benzene rings is 1. The highest BCUT2D eigenvalue weighted by molar-refractivity contribution is 9.10. The maximum absolute atomic E-state index is 12.1. The normalized spacial score (nSPS) is 10.2. The molecule has 0 aliphatic heterocycles. The number of nitrogens with zero attached hydrogens (tertiary/aromatic N) is 1. The number of aromatic carboxylic acids is 1. The van der Waals surface area contributed by atoms with Gasteiger partial charge in [-0.15, -0.1) is 0 Å². The van der Waals surface area contributed by atoms with Gasteiger partial charge in [0.05, 0.1) is 21.8 Å². The molecule has 0 fully saturated rings. The van der Waals surface area contributed by atoms with Crippen molar-refractivity contribution in [3.05, 3.63) is 56.2 Å². The summed E-state index contributed by atoms with van der Waals surface area (Å²) < 4.78 is 0.550. The average Bonchev–Trinajstić information content (AvgIpc) is 2.43. The summed E-state index contributed by atoms with van der Waals surface area (Å²) in [7, 11) is 0. The monoisotopic (exact) mass is 388 g/mol. The fourth-order valence-electron chi connectivity index (χ4n) is 1.49. The summed E-state index contributed by atoms with van der Waals surface area (Å²) in [6.45, 7) is 0. The van der Waals surface area contributed by atoms with Gasteiger partial charge >= 0.3 is 5.97 Å². The summed E-state index contributed by atoms with van der Waals surface area (Å²) in [6.07, 6.45) is 1.28. The Balaban J connectivity index is 2.28. The number of carboxylic acid groups (broad SMARTS) is 1. The van der Waals surface area contributed by atoms with E-state index in [-0.39, 0.29) is 21.3 Å². The van der Waals surface area contributed by atoms with E-state index in [2.05, 4.69) is 26.2 Å². The number of hydrogen-bond donors (Lipinski definition) is 2. The number of nitrogens with one attached hydrogen (secondary N) is 1. The SMILES string of the molecule is O=C(O)c1ccc(Br)c(NC(=O)c2cnc(Cl)c(Cl)c2)c1. The number of aromatic nitrogens is 1. The molecule has 1 amide bonds. The number of pyridine rings is 1. The predicted molar refractivity (Wildman–Crippen MR) is 83.3 cm³/mol. The van der Waals surface area contributed by atoms with Gasteiger partial charge in [0.2, 0.25) is 0 Å². The van der Waals surface area contributed by atoms with Crippen molar-refractivity contribution in [2.75, 3.05) is 5.32 Å². The van der Waals surface area contributed by atoms with E-state index in [4.69, 9.17) is 28.3 Å². The van der Waals surface area contributed by atoms with Crippen LogP contribution in [0.25, 0.3) is 0 Å². The summed E-state index contributed by atoms with van der Waals surface area (Å²) in [5, 5.41) is 11.8. The average molecular weight is 390 g/mol. The lowest BCUT2D eigenvalue weighted by molar-refractivity contribution is 0.0696. The lowest BCUT2D eigenvalue weighted by atomic mass is 10.2. The zero-order valence-corrected chi connectivity index (χ0v) is 13.3. The molecule has 0 bridgehead atoms. The number of carboxylic acids is 1. The molecule has 1 aromatic carbocycles. The molecule has 108 valence electrons. The summed E-state index contributed by atoms with van der Waals surface area (Å²) in [4.78, 5) is 26.8. The van der Waals surface area contributed by atoms with Crippen LogP contribution in [-0.4, -0.2) is 22.0 Å². The van der Waals surface area contributed by atoms with Gasteiger partial charge in [-0.1, -0.05) is 23.2 Å². The third-order valence-corrected chi connectivity index (χ3v) is 3.90. The molecule has 2 aromatic rings. The minimum absolute atomic E-state index is 0.0563. The molecule has 2 rings (SSSR count). The topological polar surface area (TPSA) is 79.3 Å². The third-order valence-electron chi connectivity index (χ3n) is 2.52. The highest BCUT2D eigenvalue weighted by atomic mass is 79.9. The fraction of sp³-hybridized carbons (Fsp3) is 0. The second kappa shape index (κ2) is 6.43. The molecular formula is C13H7BrCl2N2O3. The Morgan fingerprint density at radius 1 is 1.19 bits per heavy atom. The second-order valence-corrected chi connectivity index (χ2v) is 5.57. The molecule has 5 nitrogen and oxygen atoms in total. The lowest BCUT2D eigenvalue weighted by Crippen LogP contribution is -2.13. The van der Waals surface area contributed by atoms with Gasteiger partial charge in [-0.25, -0.2) is 9.78 Å². The molecule has 0 unspecified atom stereocenters. The van der Waals surface area contributed by atoms with Crippen LogP contribution in [-0.2, 0) is 0 Å². The highest BCUT2D eigenvalue weighted by Gasteiger charge is 2.13. The molecule has 0 atom stereocenters.